The summed E-state index contributed by atoms with van der Waals surface area (Å²) in [7, 11) is 0. The number of piperidine rings is 1. The lowest BCUT2D eigenvalue weighted by Gasteiger charge is -2.56. The van der Waals surface area contributed by atoms with E-state index in [9.17, 15) is 14.4 Å². The largest absolute Gasteiger partial charge is 0.312 e. The van der Waals surface area contributed by atoms with Gasteiger partial charge in [0.2, 0.25) is 5.91 Å². The number of ketones is 2. The van der Waals surface area contributed by atoms with Crippen LogP contribution in [0.3, 0.4) is 0 Å². The average Bonchev–Trinajstić information content (AvgIpc) is 2.99. The first-order chi connectivity index (χ1) is 13.8. The molecule has 0 spiro atoms. The molecule has 0 bridgehead atoms. The minimum Gasteiger partial charge on any atom is -0.312 e. The fourth-order valence-electron chi connectivity index (χ4n) is 7.00. The molecule has 1 heterocycles. The Bertz CT molecular complexity index is 919. The van der Waals surface area contributed by atoms with E-state index >= 15 is 0 Å². The Hall–Kier alpha value is -2.23. The Kier molecular flexibility index (Phi) is 4.13. The molecule has 5 atom stereocenters. The zero-order valence-corrected chi connectivity index (χ0v) is 17.3. The van der Waals surface area contributed by atoms with Gasteiger partial charge in [0.05, 0.1) is 6.54 Å². The molecule has 1 aliphatic heterocycles. The molecule has 1 amide bonds. The first-order valence-electron chi connectivity index (χ1n) is 11.0. The minimum absolute atomic E-state index is 0.0714. The molecular weight excluding hydrogens is 362 g/mol. The maximum absolute atomic E-state index is 13.4. The van der Waals surface area contributed by atoms with Crippen molar-refractivity contribution >= 4 is 17.5 Å². The number of hydrogen-bond donors (Lipinski definition) is 0. The predicted molar refractivity (Wildman–Crippen MR) is 109 cm³/mol. The van der Waals surface area contributed by atoms with Crippen LogP contribution in [0.25, 0.3) is 0 Å². The molecular formula is C25H29NO3. The van der Waals surface area contributed by atoms with E-state index < -0.39 is 5.41 Å². The summed E-state index contributed by atoms with van der Waals surface area (Å²) in [5, 5.41) is 0. The van der Waals surface area contributed by atoms with E-state index in [2.05, 4.69) is 13.0 Å². The SMILES string of the molecule is CC12CCC(=O)N(Cc3ccccc3)C1=CC[C@@H]1[C@@H]2C(=O)C[C@]2(C)C(=O)CC[C@@H]12. The summed E-state index contributed by atoms with van der Waals surface area (Å²) >= 11 is 0. The van der Waals surface area contributed by atoms with Gasteiger partial charge in [0, 0.05) is 41.7 Å². The van der Waals surface area contributed by atoms with Gasteiger partial charge in [-0.1, -0.05) is 50.3 Å². The van der Waals surface area contributed by atoms with Gasteiger partial charge >= 0.3 is 0 Å². The van der Waals surface area contributed by atoms with Gasteiger partial charge < -0.3 is 4.90 Å². The van der Waals surface area contributed by atoms with Gasteiger partial charge in [-0.25, -0.2) is 0 Å². The highest BCUT2D eigenvalue weighted by molar-refractivity contribution is 5.96. The van der Waals surface area contributed by atoms with E-state index in [-0.39, 0.29) is 34.7 Å². The van der Waals surface area contributed by atoms with Crippen molar-refractivity contribution in [2.75, 3.05) is 0 Å². The van der Waals surface area contributed by atoms with Crippen LogP contribution in [0.5, 0.6) is 0 Å². The predicted octanol–water partition coefficient (Wildman–Crippen LogP) is 4.29. The quantitative estimate of drug-likeness (QED) is 0.756. The van der Waals surface area contributed by atoms with Gasteiger partial charge in [-0.2, -0.15) is 0 Å². The summed E-state index contributed by atoms with van der Waals surface area (Å²) < 4.78 is 0. The van der Waals surface area contributed by atoms with Gasteiger partial charge in [-0.3, -0.25) is 14.4 Å². The van der Waals surface area contributed by atoms with E-state index in [0.29, 0.717) is 31.7 Å². The fourth-order valence-corrected chi connectivity index (χ4v) is 7.00. The van der Waals surface area contributed by atoms with Crippen molar-refractivity contribution in [2.45, 2.75) is 58.9 Å². The molecule has 0 N–H and O–H groups in total. The molecule has 1 aromatic carbocycles. The molecule has 0 aromatic heterocycles. The highest BCUT2D eigenvalue weighted by Gasteiger charge is 2.62. The molecule has 4 nitrogen and oxygen atoms in total. The Balaban J connectivity index is 1.53. The first-order valence-corrected chi connectivity index (χ1v) is 11.0. The van der Waals surface area contributed by atoms with Crippen LogP contribution < -0.4 is 0 Å². The zero-order chi connectivity index (χ0) is 20.4. The summed E-state index contributed by atoms with van der Waals surface area (Å²) in [4.78, 5) is 40.8. The normalized spacial score (nSPS) is 39.0. The van der Waals surface area contributed by atoms with Crippen LogP contribution in [0.2, 0.25) is 0 Å². The molecule has 3 aliphatic carbocycles. The fraction of sp³-hybridized carbons (Fsp3) is 0.560. The second kappa shape index (κ2) is 6.38. The molecule has 2 saturated carbocycles. The second-order valence-corrected chi connectivity index (χ2v) is 9.98. The van der Waals surface area contributed by atoms with Gasteiger partial charge in [0.15, 0.2) is 0 Å². The third kappa shape index (κ3) is 2.60. The molecule has 5 rings (SSSR count). The lowest BCUT2D eigenvalue weighted by Crippen LogP contribution is -2.57. The standard InChI is InChI=1S/C25H29NO3/c1-24-13-12-22(29)26(15-16-6-4-3-5-7-16)20(24)10-8-17-18-9-11-21(28)25(18,2)14-19(27)23(17)24/h3-7,10,17-18,23H,8-9,11-15H2,1-2H3/t17-,18-,23+,24?,25-/m0/s1. The number of amides is 1. The lowest BCUT2D eigenvalue weighted by molar-refractivity contribution is -0.152. The number of carbonyl (C=O) groups is 3. The van der Waals surface area contributed by atoms with Crippen molar-refractivity contribution in [3.63, 3.8) is 0 Å². The number of rotatable bonds is 2. The summed E-state index contributed by atoms with van der Waals surface area (Å²) in [5.74, 6) is 1.13. The first kappa shape index (κ1) is 18.8. The molecule has 4 heteroatoms. The lowest BCUT2D eigenvalue weighted by atomic mass is 9.49. The molecule has 4 aliphatic rings. The van der Waals surface area contributed by atoms with Crippen molar-refractivity contribution in [1.82, 2.24) is 4.90 Å². The van der Waals surface area contributed by atoms with Crippen LogP contribution in [0.15, 0.2) is 42.1 Å². The van der Waals surface area contributed by atoms with Crippen LogP contribution in [0.4, 0.5) is 0 Å². The van der Waals surface area contributed by atoms with Crippen molar-refractivity contribution in [3.05, 3.63) is 47.7 Å². The molecule has 1 saturated heterocycles. The number of hydrogen-bond acceptors (Lipinski definition) is 3. The maximum Gasteiger partial charge on any atom is 0.227 e. The van der Waals surface area contributed by atoms with Crippen molar-refractivity contribution < 1.29 is 14.4 Å². The zero-order valence-electron chi connectivity index (χ0n) is 17.3. The molecule has 29 heavy (non-hydrogen) atoms. The van der Waals surface area contributed by atoms with Gasteiger partial charge in [-0.15, -0.1) is 0 Å². The number of Topliss-reactive ketones (excluding diaryl/α,β-unsaturated/α-hetero) is 2. The minimum atomic E-state index is -0.464. The Morgan fingerprint density at radius 1 is 1.03 bits per heavy atom. The van der Waals surface area contributed by atoms with Gasteiger partial charge in [0.25, 0.3) is 0 Å². The highest BCUT2D eigenvalue weighted by atomic mass is 16.2. The molecule has 0 radical (unpaired) electrons. The van der Waals surface area contributed by atoms with Crippen molar-refractivity contribution in [3.8, 4) is 0 Å². The number of fused-ring (bicyclic) bond motifs is 5. The van der Waals surface area contributed by atoms with E-state index in [4.69, 9.17) is 0 Å². The summed E-state index contributed by atoms with van der Waals surface area (Å²) in [6, 6.07) is 10.1. The van der Waals surface area contributed by atoms with Crippen LogP contribution in [-0.4, -0.2) is 22.4 Å². The van der Waals surface area contributed by atoms with Crippen molar-refractivity contribution in [2.24, 2.45) is 28.6 Å². The summed E-state index contributed by atoms with van der Waals surface area (Å²) in [5.41, 5.74) is 1.38. The van der Waals surface area contributed by atoms with Crippen LogP contribution in [-0.2, 0) is 20.9 Å². The average molecular weight is 392 g/mol. The van der Waals surface area contributed by atoms with Crippen LogP contribution in [0.1, 0.15) is 57.9 Å². The summed E-state index contributed by atoms with van der Waals surface area (Å²) in [6.07, 6.45) is 6.15. The Morgan fingerprint density at radius 2 is 1.79 bits per heavy atom. The summed E-state index contributed by atoms with van der Waals surface area (Å²) in [6.45, 7) is 4.78. The molecule has 152 valence electrons. The number of nitrogens with zero attached hydrogens (tertiary/aromatic N) is 1. The van der Waals surface area contributed by atoms with E-state index in [1.807, 2.05) is 42.2 Å². The van der Waals surface area contributed by atoms with Crippen LogP contribution in [0, 0.1) is 28.6 Å². The van der Waals surface area contributed by atoms with E-state index in [1.54, 1.807) is 0 Å². The second-order valence-electron chi connectivity index (χ2n) is 9.98. The van der Waals surface area contributed by atoms with E-state index in [0.717, 1.165) is 30.5 Å². The van der Waals surface area contributed by atoms with Crippen molar-refractivity contribution in [1.29, 1.82) is 0 Å². The van der Waals surface area contributed by atoms with Crippen LogP contribution >= 0.6 is 0 Å². The van der Waals surface area contributed by atoms with E-state index in [1.165, 1.54) is 0 Å². The Labute approximate surface area is 172 Å². The van der Waals surface area contributed by atoms with Gasteiger partial charge in [-0.05, 0) is 36.7 Å². The molecule has 1 aromatic rings. The molecule has 3 fully saturated rings. The third-order valence-corrected chi connectivity index (χ3v) is 8.46. The smallest absolute Gasteiger partial charge is 0.227 e. The number of carbonyl (C=O) groups excluding carboxylic acids is 3. The Morgan fingerprint density at radius 3 is 2.55 bits per heavy atom. The number of benzene rings is 1. The molecule has 1 unspecified atom stereocenters. The van der Waals surface area contributed by atoms with Gasteiger partial charge in [0.1, 0.15) is 11.6 Å². The third-order valence-electron chi connectivity index (χ3n) is 8.46. The number of allylic oxidation sites excluding steroid dienone is 2. The highest BCUT2D eigenvalue weighted by Crippen LogP contribution is 2.62. The maximum atomic E-state index is 13.4. The topological polar surface area (TPSA) is 54.5 Å². The monoisotopic (exact) mass is 391 g/mol. The number of likely N-dealkylation sites (tertiary alicyclic amines) is 1.